The van der Waals surface area contributed by atoms with Gasteiger partial charge in [-0.25, -0.2) is 4.98 Å². The fourth-order valence-electron chi connectivity index (χ4n) is 3.54. The monoisotopic (exact) mass is 430 g/mol. The predicted octanol–water partition coefficient (Wildman–Crippen LogP) is 4.34. The number of hydrogen-bond donors (Lipinski definition) is 2. The average Bonchev–Trinajstić information content (AvgIpc) is 3.57. The second-order valence-electron chi connectivity index (χ2n) is 9.50. The normalized spacial score (nSPS) is 13.6. The lowest BCUT2D eigenvalue weighted by molar-refractivity contribution is 0.0951. The van der Waals surface area contributed by atoms with Crippen LogP contribution in [0.5, 0.6) is 0 Å². The molecular formula is C26H30N4O2. The highest BCUT2D eigenvalue weighted by Gasteiger charge is 2.24. The van der Waals surface area contributed by atoms with Crippen LogP contribution in [0.25, 0.3) is 5.69 Å². The van der Waals surface area contributed by atoms with Crippen LogP contribution in [0.15, 0.2) is 59.7 Å². The molecule has 1 heterocycles. The van der Waals surface area contributed by atoms with Crippen molar-refractivity contribution < 1.29 is 4.79 Å². The molecule has 0 spiro atoms. The van der Waals surface area contributed by atoms with E-state index in [2.05, 4.69) is 60.7 Å². The van der Waals surface area contributed by atoms with Crippen molar-refractivity contribution in [1.29, 1.82) is 0 Å². The molecule has 1 fully saturated rings. The second kappa shape index (κ2) is 8.61. The number of carbonyl (C=O) groups is 1. The van der Waals surface area contributed by atoms with Crippen LogP contribution in [0.4, 0.5) is 5.82 Å². The van der Waals surface area contributed by atoms with E-state index in [0.717, 1.165) is 24.0 Å². The summed E-state index contributed by atoms with van der Waals surface area (Å²) < 4.78 is 1.54. The molecule has 0 unspecified atom stereocenters. The average molecular weight is 431 g/mol. The number of hydrogen-bond acceptors (Lipinski definition) is 4. The molecule has 0 atom stereocenters. The SMILES string of the molecule is Cc1ccc(C(=O)NC2CC2)cc1-n1ccnc(NCc2ccc(C(C)(C)C)cc2)c1=O. The summed E-state index contributed by atoms with van der Waals surface area (Å²) in [6.07, 6.45) is 5.30. The number of nitrogens with one attached hydrogen (secondary N) is 2. The number of nitrogens with zero attached hydrogens (tertiary/aromatic N) is 2. The Balaban J connectivity index is 1.55. The van der Waals surface area contributed by atoms with E-state index in [4.69, 9.17) is 0 Å². The quantitative estimate of drug-likeness (QED) is 0.610. The second-order valence-corrected chi connectivity index (χ2v) is 9.50. The number of aromatic nitrogens is 2. The van der Waals surface area contributed by atoms with Crippen molar-refractivity contribution in [2.45, 2.75) is 58.5 Å². The number of anilines is 1. The van der Waals surface area contributed by atoms with Gasteiger partial charge in [-0.2, -0.15) is 0 Å². The van der Waals surface area contributed by atoms with E-state index < -0.39 is 0 Å². The number of benzene rings is 2. The molecule has 0 aliphatic heterocycles. The van der Waals surface area contributed by atoms with E-state index >= 15 is 0 Å². The van der Waals surface area contributed by atoms with Crippen molar-refractivity contribution in [3.8, 4) is 5.69 Å². The molecule has 1 aliphatic carbocycles. The Morgan fingerprint density at radius 3 is 2.50 bits per heavy atom. The summed E-state index contributed by atoms with van der Waals surface area (Å²) in [5, 5.41) is 6.16. The molecule has 0 saturated heterocycles. The first kappa shape index (κ1) is 21.8. The predicted molar refractivity (Wildman–Crippen MR) is 128 cm³/mol. The first-order chi connectivity index (χ1) is 15.2. The molecule has 1 amide bonds. The number of rotatable bonds is 6. The van der Waals surface area contributed by atoms with Crippen LogP contribution in [0, 0.1) is 6.92 Å². The van der Waals surface area contributed by atoms with Crippen LogP contribution >= 0.6 is 0 Å². The first-order valence-corrected chi connectivity index (χ1v) is 11.1. The summed E-state index contributed by atoms with van der Waals surface area (Å²) in [7, 11) is 0. The van der Waals surface area contributed by atoms with Gasteiger partial charge < -0.3 is 10.6 Å². The molecule has 0 radical (unpaired) electrons. The maximum absolute atomic E-state index is 13.1. The first-order valence-electron chi connectivity index (χ1n) is 11.1. The van der Waals surface area contributed by atoms with Crippen molar-refractivity contribution in [2.24, 2.45) is 0 Å². The minimum Gasteiger partial charge on any atom is -0.361 e. The zero-order valence-electron chi connectivity index (χ0n) is 19.1. The Bertz CT molecular complexity index is 1190. The molecular weight excluding hydrogens is 400 g/mol. The molecule has 6 heteroatoms. The lowest BCUT2D eigenvalue weighted by Crippen LogP contribution is -2.26. The maximum Gasteiger partial charge on any atom is 0.297 e. The molecule has 2 N–H and O–H groups in total. The fraction of sp³-hybridized carbons (Fsp3) is 0.346. The lowest BCUT2D eigenvalue weighted by atomic mass is 9.87. The van der Waals surface area contributed by atoms with Crippen LogP contribution in [0.2, 0.25) is 0 Å². The third-order valence-electron chi connectivity index (χ3n) is 5.76. The highest BCUT2D eigenvalue weighted by molar-refractivity contribution is 5.95. The summed E-state index contributed by atoms with van der Waals surface area (Å²) in [4.78, 5) is 29.8. The highest BCUT2D eigenvalue weighted by Crippen LogP contribution is 2.23. The van der Waals surface area contributed by atoms with E-state index in [9.17, 15) is 9.59 Å². The van der Waals surface area contributed by atoms with Crippen molar-refractivity contribution in [3.63, 3.8) is 0 Å². The Hall–Kier alpha value is -3.41. The van der Waals surface area contributed by atoms with Crippen molar-refractivity contribution in [2.75, 3.05) is 5.32 Å². The van der Waals surface area contributed by atoms with Crippen LogP contribution in [-0.2, 0) is 12.0 Å². The van der Waals surface area contributed by atoms with Crippen molar-refractivity contribution in [3.05, 3.63) is 87.5 Å². The largest absolute Gasteiger partial charge is 0.361 e. The Kier molecular flexibility index (Phi) is 5.87. The van der Waals surface area contributed by atoms with Gasteiger partial charge in [-0.05, 0) is 54.0 Å². The fourth-order valence-corrected chi connectivity index (χ4v) is 3.54. The summed E-state index contributed by atoms with van der Waals surface area (Å²) in [5.41, 5.74) is 4.33. The van der Waals surface area contributed by atoms with Crippen LogP contribution in [-0.4, -0.2) is 21.5 Å². The third kappa shape index (κ3) is 4.90. The van der Waals surface area contributed by atoms with Gasteiger partial charge in [0.1, 0.15) is 0 Å². The number of aryl methyl sites for hydroxylation is 1. The van der Waals surface area contributed by atoms with E-state index in [1.807, 2.05) is 13.0 Å². The highest BCUT2D eigenvalue weighted by atomic mass is 16.2. The molecule has 1 aliphatic rings. The topological polar surface area (TPSA) is 76.0 Å². The van der Waals surface area contributed by atoms with Crippen molar-refractivity contribution >= 4 is 11.7 Å². The molecule has 1 saturated carbocycles. The number of amides is 1. The van der Waals surface area contributed by atoms with Gasteiger partial charge >= 0.3 is 0 Å². The van der Waals surface area contributed by atoms with Gasteiger partial charge in [-0.1, -0.05) is 51.1 Å². The van der Waals surface area contributed by atoms with Gasteiger partial charge in [0, 0.05) is 30.5 Å². The summed E-state index contributed by atoms with van der Waals surface area (Å²) in [5.74, 6) is 0.174. The Morgan fingerprint density at radius 1 is 1.12 bits per heavy atom. The lowest BCUT2D eigenvalue weighted by Gasteiger charge is -2.19. The van der Waals surface area contributed by atoms with E-state index in [-0.39, 0.29) is 28.7 Å². The van der Waals surface area contributed by atoms with Crippen LogP contribution in [0.1, 0.15) is 60.7 Å². The zero-order valence-corrected chi connectivity index (χ0v) is 19.1. The minimum absolute atomic E-state index is 0.0998. The molecule has 32 heavy (non-hydrogen) atoms. The Labute approximate surface area is 188 Å². The standard InChI is InChI=1S/C26H30N4O2/c1-17-5-8-19(24(31)29-21-11-12-21)15-22(17)30-14-13-27-23(25(30)32)28-16-18-6-9-20(10-7-18)26(2,3)4/h5-10,13-15,21H,11-12,16H2,1-4H3,(H,27,28)(H,29,31). The summed E-state index contributed by atoms with van der Waals surface area (Å²) in [6, 6.07) is 14.1. The van der Waals surface area contributed by atoms with Gasteiger partial charge in [0.2, 0.25) is 0 Å². The van der Waals surface area contributed by atoms with E-state index in [1.165, 1.54) is 5.56 Å². The molecule has 2 aromatic carbocycles. The Morgan fingerprint density at radius 2 is 1.84 bits per heavy atom. The van der Waals surface area contributed by atoms with Crippen molar-refractivity contribution in [1.82, 2.24) is 14.9 Å². The van der Waals surface area contributed by atoms with Gasteiger partial charge in [0.05, 0.1) is 5.69 Å². The molecule has 0 bridgehead atoms. The molecule has 3 aromatic rings. The number of carbonyl (C=O) groups excluding carboxylic acids is 1. The molecule has 6 nitrogen and oxygen atoms in total. The van der Waals surface area contributed by atoms with Gasteiger partial charge in [0.15, 0.2) is 5.82 Å². The summed E-state index contributed by atoms with van der Waals surface area (Å²) in [6.45, 7) is 8.98. The summed E-state index contributed by atoms with van der Waals surface area (Å²) >= 11 is 0. The smallest absolute Gasteiger partial charge is 0.297 e. The van der Waals surface area contributed by atoms with E-state index in [1.54, 1.807) is 29.1 Å². The molecule has 4 rings (SSSR count). The minimum atomic E-state index is -0.248. The molecule has 1 aromatic heterocycles. The zero-order chi connectivity index (χ0) is 22.9. The van der Waals surface area contributed by atoms with Crippen LogP contribution < -0.4 is 16.2 Å². The third-order valence-corrected chi connectivity index (χ3v) is 5.76. The van der Waals surface area contributed by atoms with Gasteiger partial charge in [-0.3, -0.25) is 14.2 Å². The molecule has 166 valence electrons. The van der Waals surface area contributed by atoms with Gasteiger partial charge in [-0.15, -0.1) is 0 Å². The van der Waals surface area contributed by atoms with E-state index in [0.29, 0.717) is 17.8 Å². The maximum atomic E-state index is 13.1. The van der Waals surface area contributed by atoms with Gasteiger partial charge in [0.25, 0.3) is 11.5 Å². The van der Waals surface area contributed by atoms with Crippen LogP contribution in [0.3, 0.4) is 0 Å².